The van der Waals surface area contributed by atoms with E-state index in [2.05, 4.69) is 42.6 Å². The van der Waals surface area contributed by atoms with Gasteiger partial charge in [-0.05, 0) is 49.3 Å². The van der Waals surface area contributed by atoms with E-state index in [-0.39, 0.29) is 0 Å². The van der Waals surface area contributed by atoms with Gasteiger partial charge in [0.25, 0.3) is 0 Å². The molecule has 0 spiro atoms. The third kappa shape index (κ3) is 3.51. The number of rotatable bonds is 5. The second kappa shape index (κ2) is 6.27. The van der Waals surface area contributed by atoms with Gasteiger partial charge in [0.1, 0.15) is 5.75 Å². The summed E-state index contributed by atoms with van der Waals surface area (Å²) >= 11 is 3.60. The Morgan fingerprint density at radius 3 is 2.83 bits per heavy atom. The van der Waals surface area contributed by atoms with E-state index in [1.54, 1.807) is 30.2 Å². The number of ether oxygens (including phenoxy) is 1. The van der Waals surface area contributed by atoms with Crippen LogP contribution in [0.25, 0.3) is 0 Å². The second-order valence-electron chi connectivity index (χ2n) is 4.25. The fourth-order valence-electron chi connectivity index (χ4n) is 1.64. The van der Waals surface area contributed by atoms with E-state index in [9.17, 15) is 0 Å². The van der Waals surface area contributed by atoms with Crippen LogP contribution >= 0.6 is 23.1 Å². The molecule has 18 heavy (non-hydrogen) atoms. The first kappa shape index (κ1) is 13.5. The minimum atomic E-state index is 0.908. The molecule has 0 atom stereocenters. The van der Waals surface area contributed by atoms with Crippen LogP contribution in [-0.4, -0.2) is 26.1 Å². The van der Waals surface area contributed by atoms with Crippen LogP contribution in [0.1, 0.15) is 5.56 Å². The molecule has 0 fully saturated rings. The van der Waals surface area contributed by atoms with Gasteiger partial charge in [-0.2, -0.15) is 0 Å². The maximum Gasteiger partial charge on any atom is 0.119 e. The lowest BCUT2D eigenvalue weighted by atomic mass is 10.3. The molecule has 0 aliphatic carbocycles. The Labute approximate surface area is 117 Å². The van der Waals surface area contributed by atoms with Crippen molar-refractivity contribution in [3.63, 3.8) is 0 Å². The quantitative estimate of drug-likeness (QED) is 0.821. The van der Waals surface area contributed by atoms with Gasteiger partial charge in [-0.15, -0.1) is 11.3 Å². The molecule has 1 aromatic carbocycles. The van der Waals surface area contributed by atoms with Crippen molar-refractivity contribution in [1.82, 2.24) is 4.90 Å². The van der Waals surface area contributed by atoms with E-state index in [4.69, 9.17) is 4.74 Å². The van der Waals surface area contributed by atoms with Gasteiger partial charge in [0.05, 0.1) is 11.3 Å². The van der Waals surface area contributed by atoms with Gasteiger partial charge < -0.3 is 9.64 Å². The molecule has 0 N–H and O–H groups in total. The lowest BCUT2D eigenvalue weighted by molar-refractivity contribution is 0.400. The van der Waals surface area contributed by atoms with E-state index >= 15 is 0 Å². The molecule has 0 aliphatic rings. The molecule has 2 rings (SSSR count). The molecule has 96 valence electrons. The average Bonchev–Trinajstić information content (AvgIpc) is 2.76. The third-order valence-corrected chi connectivity index (χ3v) is 4.67. The summed E-state index contributed by atoms with van der Waals surface area (Å²) in [6, 6.07) is 10.4. The summed E-state index contributed by atoms with van der Waals surface area (Å²) in [7, 11) is 5.89. The Morgan fingerprint density at radius 1 is 1.28 bits per heavy atom. The van der Waals surface area contributed by atoms with Crippen molar-refractivity contribution in [1.29, 1.82) is 0 Å². The van der Waals surface area contributed by atoms with Gasteiger partial charge in [-0.3, -0.25) is 0 Å². The standard InChI is InChI=1S/C14H17NOS2/c1-15(2)10-11-7-8-17-14(11)18-13-6-4-5-12(9-13)16-3/h4-9H,10H2,1-3H3. The molecule has 0 unspecified atom stereocenters. The monoisotopic (exact) mass is 279 g/mol. The minimum absolute atomic E-state index is 0.908. The van der Waals surface area contributed by atoms with Crippen molar-refractivity contribution in [2.24, 2.45) is 0 Å². The molecule has 0 aliphatic heterocycles. The SMILES string of the molecule is COc1cccc(Sc2sccc2CN(C)C)c1. The highest BCUT2D eigenvalue weighted by molar-refractivity contribution is 8.01. The molecule has 0 saturated carbocycles. The maximum absolute atomic E-state index is 5.25. The third-order valence-electron chi connectivity index (χ3n) is 2.44. The van der Waals surface area contributed by atoms with Crippen LogP contribution in [-0.2, 0) is 6.54 Å². The van der Waals surface area contributed by atoms with Gasteiger partial charge in [-0.1, -0.05) is 17.8 Å². The highest BCUT2D eigenvalue weighted by Gasteiger charge is 2.07. The first-order chi connectivity index (χ1) is 8.69. The zero-order chi connectivity index (χ0) is 13.0. The summed E-state index contributed by atoms with van der Waals surface area (Å²) < 4.78 is 6.61. The fraction of sp³-hybridized carbons (Fsp3) is 0.286. The van der Waals surface area contributed by atoms with Crippen LogP contribution in [0.4, 0.5) is 0 Å². The number of methoxy groups -OCH3 is 1. The molecular formula is C14H17NOS2. The largest absolute Gasteiger partial charge is 0.497 e. The Morgan fingerprint density at radius 2 is 2.11 bits per heavy atom. The van der Waals surface area contributed by atoms with Crippen LogP contribution in [0.3, 0.4) is 0 Å². The summed E-state index contributed by atoms with van der Waals surface area (Å²) in [6.07, 6.45) is 0. The molecular weight excluding hydrogens is 262 g/mol. The lowest BCUT2D eigenvalue weighted by Crippen LogP contribution is -2.10. The van der Waals surface area contributed by atoms with Gasteiger partial charge in [-0.25, -0.2) is 0 Å². The van der Waals surface area contributed by atoms with Gasteiger partial charge in [0.15, 0.2) is 0 Å². The van der Waals surface area contributed by atoms with Crippen LogP contribution in [0.5, 0.6) is 5.75 Å². The zero-order valence-electron chi connectivity index (χ0n) is 10.8. The molecule has 0 saturated heterocycles. The summed E-state index contributed by atoms with van der Waals surface area (Å²) in [5.74, 6) is 0.908. The van der Waals surface area contributed by atoms with Gasteiger partial charge in [0, 0.05) is 11.4 Å². The molecule has 2 nitrogen and oxygen atoms in total. The number of hydrogen-bond acceptors (Lipinski definition) is 4. The van der Waals surface area contributed by atoms with Crippen molar-refractivity contribution in [2.75, 3.05) is 21.2 Å². The van der Waals surface area contributed by atoms with E-state index < -0.39 is 0 Å². The van der Waals surface area contributed by atoms with Gasteiger partial charge in [0.2, 0.25) is 0 Å². The second-order valence-corrected chi connectivity index (χ2v) is 6.51. The number of thiophene rings is 1. The fourth-order valence-corrected chi connectivity index (χ4v) is 3.73. The van der Waals surface area contributed by atoms with E-state index in [1.165, 1.54) is 14.7 Å². The molecule has 0 bridgehead atoms. The van der Waals surface area contributed by atoms with Crippen molar-refractivity contribution in [2.45, 2.75) is 15.6 Å². The van der Waals surface area contributed by atoms with Crippen LogP contribution < -0.4 is 4.74 Å². The van der Waals surface area contributed by atoms with E-state index in [0.29, 0.717) is 0 Å². The molecule has 0 amide bonds. The van der Waals surface area contributed by atoms with Gasteiger partial charge >= 0.3 is 0 Å². The first-order valence-corrected chi connectivity index (χ1v) is 7.41. The van der Waals surface area contributed by atoms with Crippen LogP contribution in [0.15, 0.2) is 44.8 Å². The normalized spacial score (nSPS) is 10.9. The molecule has 0 radical (unpaired) electrons. The number of benzene rings is 1. The Hall–Kier alpha value is -0.970. The van der Waals surface area contributed by atoms with Crippen LogP contribution in [0, 0.1) is 0 Å². The van der Waals surface area contributed by atoms with Crippen LogP contribution in [0.2, 0.25) is 0 Å². The Balaban J connectivity index is 2.15. The average molecular weight is 279 g/mol. The lowest BCUT2D eigenvalue weighted by Gasteiger charge is -2.10. The smallest absolute Gasteiger partial charge is 0.119 e. The molecule has 1 aromatic heterocycles. The summed E-state index contributed by atoms with van der Waals surface area (Å²) in [5.41, 5.74) is 1.39. The maximum atomic E-state index is 5.25. The van der Waals surface area contributed by atoms with E-state index in [1.807, 2.05) is 12.1 Å². The molecule has 2 aromatic rings. The summed E-state index contributed by atoms with van der Waals surface area (Å²) in [6.45, 7) is 0.982. The summed E-state index contributed by atoms with van der Waals surface area (Å²) in [4.78, 5) is 3.41. The van der Waals surface area contributed by atoms with Crippen molar-refractivity contribution in [3.8, 4) is 5.75 Å². The molecule has 1 heterocycles. The minimum Gasteiger partial charge on any atom is -0.497 e. The Bertz CT molecular complexity index is 508. The highest BCUT2D eigenvalue weighted by atomic mass is 32.2. The van der Waals surface area contributed by atoms with Crippen molar-refractivity contribution in [3.05, 3.63) is 41.3 Å². The zero-order valence-corrected chi connectivity index (χ0v) is 12.5. The predicted octanol–water partition coefficient (Wildman–Crippen LogP) is 3.97. The van der Waals surface area contributed by atoms with Crippen molar-refractivity contribution >= 4 is 23.1 Å². The molecule has 4 heteroatoms. The predicted molar refractivity (Wildman–Crippen MR) is 78.8 cm³/mol. The highest BCUT2D eigenvalue weighted by Crippen LogP contribution is 2.36. The summed E-state index contributed by atoms with van der Waals surface area (Å²) in [5, 5.41) is 2.15. The topological polar surface area (TPSA) is 12.5 Å². The number of hydrogen-bond donors (Lipinski definition) is 0. The van der Waals surface area contributed by atoms with Crippen molar-refractivity contribution < 1.29 is 4.74 Å². The first-order valence-electron chi connectivity index (χ1n) is 5.72. The number of nitrogens with zero attached hydrogens (tertiary/aromatic N) is 1. The van der Waals surface area contributed by atoms with E-state index in [0.717, 1.165) is 12.3 Å². The Kier molecular flexibility index (Phi) is 4.69.